The van der Waals surface area contributed by atoms with E-state index < -0.39 is 62.5 Å². The highest BCUT2D eigenvalue weighted by atomic mass is 32.2. The van der Waals surface area contributed by atoms with Crippen molar-refractivity contribution in [2.24, 2.45) is 5.10 Å². The van der Waals surface area contributed by atoms with Crippen LogP contribution < -0.4 is 21.4 Å². The molecular formula is C34H47F2N5O6S. The van der Waals surface area contributed by atoms with E-state index in [0.29, 0.717) is 38.3 Å². The molecule has 3 atom stereocenters. The van der Waals surface area contributed by atoms with Crippen molar-refractivity contribution >= 4 is 33.3 Å². The first kappa shape index (κ1) is 38.7. The van der Waals surface area contributed by atoms with Crippen LogP contribution in [-0.4, -0.2) is 72.7 Å². The fraction of sp³-hybridized carbons (Fsp3) is 0.529. The number of carbonyl (C=O) groups excluding carboxylic acids is 3. The van der Waals surface area contributed by atoms with E-state index in [1.165, 1.54) is 0 Å². The highest BCUT2D eigenvalue weighted by Crippen LogP contribution is 2.18. The maximum atomic E-state index is 14.1. The molecule has 0 saturated carbocycles. The van der Waals surface area contributed by atoms with E-state index >= 15 is 0 Å². The van der Waals surface area contributed by atoms with E-state index in [-0.39, 0.29) is 43.0 Å². The number of halogens is 2. The van der Waals surface area contributed by atoms with Crippen molar-refractivity contribution in [3.63, 3.8) is 0 Å². The van der Waals surface area contributed by atoms with Crippen molar-refractivity contribution in [3.8, 4) is 0 Å². The van der Waals surface area contributed by atoms with Gasteiger partial charge in [0.1, 0.15) is 23.4 Å². The molecule has 1 aliphatic rings. The summed E-state index contributed by atoms with van der Waals surface area (Å²) in [5.41, 5.74) is 4.39. The van der Waals surface area contributed by atoms with Gasteiger partial charge in [-0.3, -0.25) is 14.4 Å². The minimum absolute atomic E-state index is 0.00758. The standard InChI is InChI=1S/C34H47F2N5O6S/c1-4-8-27(9-5-2)48(46,47)21-30(39-33(44)28-12-13-32(43)41-40-28)34(45)38-29(17-24-15-25(35)18-26(36)16-24)31(42)20-37-19-23-11-7-10-22(6-3)14-23/h7,10-11,14-16,18,27,29-31,37,42H,4-6,8-9,12-13,17,19-21H2,1-3H3,(H,38,45)(H,39,44)(H,41,43)/t29-,30+,31+/m0/s1. The molecular weight excluding hydrogens is 644 g/mol. The molecule has 264 valence electrons. The largest absolute Gasteiger partial charge is 0.390 e. The second-order valence-electron chi connectivity index (χ2n) is 12.1. The van der Waals surface area contributed by atoms with Crippen molar-refractivity contribution in [2.45, 2.75) is 102 Å². The molecule has 0 unspecified atom stereocenters. The lowest BCUT2D eigenvalue weighted by Crippen LogP contribution is -2.58. The topological polar surface area (TPSA) is 166 Å². The van der Waals surface area contributed by atoms with Gasteiger partial charge in [0.15, 0.2) is 9.84 Å². The minimum Gasteiger partial charge on any atom is -0.390 e. The van der Waals surface area contributed by atoms with E-state index in [0.717, 1.165) is 29.7 Å². The summed E-state index contributed by atoms with van der Waals surface area (Å²) in [6.07, 6.45) is 1.28. The van der Waals surface area contributed by atoms with Gasteiger partial charge in [0.2, 0.25) is 11.8 Å². The zero-order chi connectivity index (χ0) is 35.3. The number of nitrogens with zero attached hydrogens (tertiary/aromatic N) is 1. The normalized spacial score (nSPS) is 15.3. The Morgan fingerprint density at radius 3 is 2.23 bits per heavy atom. The lowest BCUT2D eigenvalue weighted by Gasteiger charge is -2.28. The Morgan fingerprint density at radius 2 is 1.62 bits per heavy atom. The Labute approximate surface area is 281 Å². The molecule has 3 amide bonds. The zero-order valence-corrected chi connectivity index (χ0v) is 28.5. The van der Waals surface area contributed by atoms with Crippen LogP contribution in [0.15, 0.2) is 47.6 Å². The lowest BCUT2D eigenvalue weighted by molar-refractivity contribution is -0.127. The van der Waals surface area contributed by atoms with Gasteiger partial charge >= 0.3 is 0 Å². The van der Waals surface area contributed by atoms with E-state index in [9.17, 15) is 36.7 Å². The predicted molar refractivity (Wildman–Crippen MR) is 180 cm³/mol. The average molecular weight is 692 g/mol. The van der Waals surface area contributed by atoms with Gasteiger partial charge in [0, 0.05) is 32.0 Å². The van der Waals surface area contributed by atoms with Crippen LogP contribution in [-0.2, 0) is 43.6 Å². The summed E-state index contributed by atoms with van der Waals surface area (Å²) in [5.74, 6) is -4.52. The van der Waals surface area contributed by atoms with Crippen LogP contribution in [0.25, 0.3) is 0 Å². The number of rotatable bonds is 19. The van der Waals surface area contributed by atoms with Crippen molar-refractivity contribution in [1.82, 2.24) is 21.4 Å². The molecule has 1 aliphatic heterocycles. The number of amides is 3. The van der Waals surface area contributed by atoms with Gasteiger partial charge in [-0.15, -0.1) is 0 Å². The van der Waals surface area contributed by atoms with E-state index in [2.05, 4.69) is 26.5 Å². The summed E-state index contributed by atoms with van der Waals surface area (Å²) in [6.45, 7) is 6.12. The van der Waals surface area contributed by atoms with Crippen LogP contribution >= 0.6 is 0 Å². The van der Waals surface area contributed by atoms with Crippen molar-refractivity contribution in [1.29, 1.82) is 0 Å². The maximum absolute atomic E-state index is 14.1. The van der Waals surface area contributed by atoms with Crippen LogP contribution in [0.4, 0.5) is 8.78 Å². The summed E-state index contributed by atoms with van der Waals surface area (Å²) in [7, 11) is -3.91. The number of hydrazone groups is 1. The summed E-state index contributed by atoms with van der Waals surface area (Å²) >= 11 is 0. The van der Waals surface area contributed by atoms with Gasteiger partial charge < -0.3 is 21.1 Å². The molecule has 0 fully saturated rings. The number of nitrogens with one attached hydrogen (secondary N) is 4. The number of aliphatic hydroxyl groups excluding tert-OH is 1. The number of aryl methyl sites for hydroxylation is 1. The lowest BCUT2D eigenvalue weighted by atomic mass is 10.00. The zero-order valence-electron chi connectivity index (χ0n) is 27.7. The summed E-state index contributed by atoms with van der Waals surface area (Å²) in [6, 6.07) is 8.01. The first-order valence-electron chi connectivity index (χ1n) is 16.4. The van der Waals surface area contributed by atoms with Crippen LogP contribution in [0.5, 0.6) is 0 Å². The molecule has 2 aromatic carbocycles. The van der Waals surface area contributed by atoms with Crippen LogP contribution in [0.2, 0.25) is 0 Å². The maximum Gasteiger partial charge on any atom is 0.268 e. The van der Waals surface area contributed by atoms with Gasteiger partial charge in [-0.05, 0) is 54.5 Å². The highest BCUT2D eigenvalue weighted by molar-refractivity contribution is 7.92. The van der Waals surface area contributed by atoms with Gasteiger partial charge in [0.05, 0.1) is 23.1 Å². The van der Waals surface area contributed by atoms with Crippen molar-refractivity contribution < 1.29 is 36.7 Å². The van der Waals surface area contributed by atoms with Gasteiger partial charge in [-0.25, -0.2) is 22.6 Å². The number of carbonyl (C=O) groups is 3. The number of sulfone groups is 1. The number of hydrogen-bond donors (Lipinski definition) is 5. The Hall–Kier alpha value is -3.75. The molecule has 11 nitrogen and oxygen atoms in total. The molecule has 3 rings (SSSR count). The van der Waals surface area contributed by atoms with E-state index in [4.69, 9.17) is 0 Å². The summed E-state index contributed by atoms with van der Waals surface area (Å²) < 4.78 is 55.3. The minimum atomic E-state index is -3.91. The molecule has 14 heteroatoms. The fourth-order valence-electron chi connectivity index (χ4n) is 5.59. The number of aliphatic hydroxyl groups is 1. The van der Waals surface area contributed by atoms with Gasteiger partial charge in [-0.1, -0.05) is 57.9 Å². The third-order valence-electron chi connectivity index (χ3n) is 8.17. The molecule has 48 heavy (non-hydrogen) atoms. The third kappa shape index (κ3) is 12.0. The number of benzene rings is 2. The molecule has 2 aromatic rings. The fourth-order valence-corrected chi connectivity index (χ4v) is 7.75. The highest BCUT2D eigenvalue weighted by Gasteiger charge is 2.35. The first-order valence-corrected chi connectivity index (χ1v) is 18.2. The average Bonchev–Trinajstić information content (AvgIpc) is 3.03. The Bertz CT molecular complexity index is 1530. The molecule has 0 radical (unpaired) electrons. The summed E-state index contributed by atoms with van der Waals surface area (Å²) in [4.78, 5) is 38.5. The Kier molecular flexibility index (Phi) is 15.1. The molecule has 0 spiro atoms. The molecule has 5 N–H and O–H groups in total. The van der Waals surface area contributed by atoms with E-state index in [1.807, 2.05) is 45.0 Å². The van der Waals surface area contributed by atoms with Crippen LogP contribution in [0.3, 0.4) is 0 Å². The van der Waals surface area contributed by atoms with Gasteiger partial charge in [0.25, 0.3) is 5.91 Å². The Balaban J connectivity index is 1.87. The SMILES string of the molecule is CCCC(CCC)S(=O)(=O)C[C@@H](NC(=O)C1=NNC(=O)CC1)C(=O)N[C@@H](Cc1cc(F)cc(F)c1)[C@H](O)CNCc1cccc(CC)c1. The van der Waals surface area contributed by atoms with Crippen molar-refractivity contribution in [2.75, 3.05) is 12.3 Å². The van der Waals surface area contributed by atoms with Gasteiger partial charge in [-0.2, -0.15) is 5.10 Å². The third-order valence-corrected chi connectivity index (χ3v) is 10.5. The quantitative estimate of drug-likeness (QED) is 0.151. The summed E-state index contributed by atoms with van der Waals surface area (Å²) in [5, 5.41) is 22.5. The van der Waals surface area contributed by atoms with Crippen LogP contribution in [0.1, 0.15) is 76.0 Å². The van der Waals surface area contributed by atoms with E-state index in [1.54, 1.807) is 0 Å². The first-order chi connectivity index (χ1) is 22.8. The second-order valence-corrected chi connectivity index (χ2v) is 14.4. The van der Waals surface area contributed by atoms with Crippen LogP contribution in [0, 0.1) is 11.6 Å². The molecule has 0 aliphatic carbocycles. The second kappa shape index (κ2) is 18.7. The molecule has 0 saturated heterocycles. The smallest absolute Gasteiger partial charge is 0.268 e. The molecule has 0 bridgehead atoms. The Morgan fingerprint density at radius 1 is 0.958 bits per heavy atom. The predicted octanol–water partition coefficient (Wildman–Crippen LogP) is 2.84. The monoisotopic (exact) mass is 691 g/mol. The number of hydrogen-bond acceptors (Lipinski definition) is 8. The van der Waals surface area contributed by atoms with Crippen molar-refractivity contribution in [3.05, 3.63) is 70.8 Å². The molecule has 1 heterocycles. The molecule has 0 aromatic heterocycles.